The molecule has 2 aromatic carbocycles. The molecule has 33 heavy (non-hydrogen) atoms. The van der Waals surface area contributed by atoms with E-state index in [4.69, 9.17) is 9.73 Å². The molecule has 0 bridgehead atoms. The molecule has 2 unspecified atom stereocenters. The Hall–Kier alpha value is -2.90. The van der Waals surface area contributed by atoms with Gasteiger partial charge in [-0.25, -0.2) is 4.99 Å². The summed E-state index contributed by atoms with van der Waals surface area (Å²) in [5, 5.41) is 6.30. The molecule has 7 nitrogen and oxygen atoms in total. The number of hydrogen-bond acceptors (Lipinski definition) is 4. The van der Waals surface area contributed by atoms with E-state index in [2.05, 4.69) is 57.7 Å². The van der Waals surface area contributed by atoms with E-state index in [1.807, 2.05) is 31.2 Å². The van der Waals surface area contributed by atoms with Crippen LogP contribution in [0.2, 0.25) is 0 Å². The normalized spacial score (nSPS) is 21.0. The summed E-state index contributed by atoms with van der Waals surface area (Å²) in [5.74, 6) is 0.855. The van der Waals surface area contributed by atoms with Crippen LogP contribution < -0.4 is 10.6 Å². The lowest BCUT2D eigenvalue weighted by Crippen LogP contribution is -2.50. The Balaban J connectivity index is 1.44. The standard InChI is InChI=1S/C26H35N5O2/c1-3-27-25(32)22-12-8-11-21(15-22)16-29-26(28-4-2)31-18-23-24(19-31)33-14-13-30(23)17-20-9-6-5-7-10-20/h5-12,15,23-24H,3-4,13-14,16-19H2,1-2H3,(H,27,32)(H,28,29). The number of ether oxygens (including phenoxy) is 1. The smallest absolute Gasteiger partial charge is 0.251 e. The number of nitrogens with one attached hydrogen (secondary N) is 2. The number of carbonyl (C=O) groups excluding carboxylic acids is 1. The predicted molar refractivity (Wildman–Crippen MR) is 131 cm³/mol. The van der Waals surface area contributed by atoms with Crippen molar-refractivity contribution in [1.29, 1.82) is 0 Å². The first kappa shape index (κ1) is 23.3. The van der Waals surface area contributed by atoms with Crippen LogP contribution in [-0.4, -0.2) is 73.1 Å². The average molecular weight is 450 g/mol. The largest absolute Gasteiger partial charge is 0.373 e. The molecule has 7 heteroatoms. The molecule has 2 N–H and O–H groups in total. The van der Waals surface area contributed by atoms with Crippen molar-refractivity contribution in [1.82, 2.24) is 20.4 Å². The van der Waals surface area contributed by atoms with Gasteiger partial charge in [-0.1, -0.05) is 42.5 Å². The quantitative estimate of drug-likeness (QED) is 0.502. The molecule has 0 radical (unpaired) electrons. The van der Waals surface area contributed by atoms with Crippen molar-refractivity contribution >= 4 is 11.9 Å². The van der Waals surface area contributed by atoms with E-state index in [1.165, 1.54) is 5.56 Å². The lowest BCUT2D eigenvalue weighted by atomic mass is 10.1. The lowest BCUT2D eigenvalue weighted by molar-refractivity contribution is -0.0502. The maximum absolute atomic E-state index is 12.2. The van der Waals surface area contributed by atoms with Gasteiger partial charge in [0.1, 0.15) is 0 Å². The van der Waals surface area contributed by atoms with Gasteiger partial charge in [0, 0.05) is 44.8 Å². The Morgan fingerprint density at radius 1 is 1.03 bits per heavy atom. The second-order valence-electron chi connectivity index (χ2n) is 8.57. The molecule has 1 amide bonds. The van der Waals surface area contributed by atoms with Gasteiger partial charge in [0.05, 0.1) is 25.3 Å². The molecule has 4 rings (SSSR count). The van der Waals surface area contributed by atoms with Crippen molar-refractivity contribution in [2.75, 3.05) is 39.3 Å². The minimum absolute atomic E-state index is 0.0467. The zero-order chi connectivity index (χ0) is 23.0. The molecule has 0 spiro atoms. The number of nitrogens with zero attached hydrogens (tertiary/aromatic N) is 3. The Kier molecular flexibility index (Phi) is 7.96. The second-order valence-corrected chi connectivity index (χ2v) is 8.57. The molecule has 2 saturated heterocycles. The number of morpholine rings is 1. The molecular formula is C26H35N5O2. The molecule has 2 aliphatic rings. The summed E-state index contributed by atoms with van der Waals surface area (Å²) in [6.07, 6.45) is 0.187. The van der Waals surface area contributed by atoms with Gasteiger partial charge in [0.15, 0.2) is 5.96 Å². The third-order valence-corrected chi connectivity index (χ3v) is 6.22. The van der Waals surface area contributed by atoms with E-state index in [0.717, 1.165) is 50.9 Å². The first-order valence-corrected chi connectivity index (χ1v) is 12.0. The molecule has 2 aliphatic heterocycles. The zero-order valence-corrected chi connectivity index (χ0v) is 19.7. The summed E-state index contributed by atoms with van der Waals surface area (Å²) in [6, 6.07) is 18.7. The summed E-state index contributed by atoms with van der Waals surface area (Å²) in [4.78, 5) is 21.9. The third-order valence-electron chi connectivity index (χ3n) is 6.22. The van der Waals surface area contributed by atoms with Gasteiger partial charge in [-0.3, -0.25) is 9.69 Å². The fourth-order valence-corrected chi connectivity index (χ4v) is 4.61. The topological polar surface area (TPSA) is 69.2 Å². The predicted octanol–water partition coefficient (Wildman–Crippen LogP) is 2.49. The second kappa shape index (κ2) is 11.3. The van der Waals surface area contributed by atoms with Crippen LogP contribution >= 0.6 is 0 Å². The van der Waals surface area contributed by atoms with Crippen molar-refractivity contribution in [3.63, 3.8) is 0 Å². The summed E-state index contributed by atoms with van der Waals surface area (Å²) in [6.45, 7) is 10.3. The van der Waals surface area contributed by atoms with Crippen molar-refractivity contribution in [2.45, 2.75) is 39.1 Å². The minimum atomic E-state index is -0.0467. The van der Waals surface area contributed by atoms with Gasteiger partial charge in [-0.15, -0.1) is 0 Å². The number of benzene rings is 2. The molecule has 0 saturated carbocycles. The van der Waals surface area contributed by atoms with Gasteiger partial charge in [-0.2, -0.15) is 0 Å². The highest BCUT2D eigenvalue weighted by molar-refractivity contribution is 5.94. The Bertz CT molecular complexity index is 949. The van der Waals surface area contributed by atoms with Gasteiger partial charge in [0.2, 0.25) is 0 Å². The Morgan fingerprint density at radius 2 is 1.82 bits per heavy atom. The van der Waals surface area contributed by atoms with E-state index < -0.39 is 0 Å². The lowest BCUT2D eigenvalue weighted by Gasteiger charge is -2.36. The number of amides is 1. The van der Waals surface area contributed by atoms with E-state index in [9.17, 15) is 4.79 Å². The number of likely N-dealkylation sites (tertiary alicyclic amines) is 1. The molecule has 2 fully saturated rings. The van der Waals surface area contributed by atoms with E-state index >= 15 is 0 Å². The maximum atomic E-state index is 12.2. The fraction of sp³-hybridized carbons (Fsp3) is 0.462. The van der Waals surface area contributed by atoms with Crippen molar-refractivity contribution in [3.8, 4) is 0 Å². The highest BCUT2D eigenvalue weighted by atomic mass is 16.5. The molecule has 0 aliphatic carbocycles. The number of hydrogen-bond donors (Lipinski definition) is 2. The highest BCUT2D eigenvalue weighted by Gasteiger charge is 2.41. The van der Waals surface area contributed by atoms with E-state index in [-0.39, 0.29) is 12.0 Å². The molecule has 0 aromatic heterocycles. The van der Waals surface area contributed by atoms with Crippen molar-refractivity contribution < 1.29 is 9.53 Å². The SMILES string of the molecule is CCNC(=O)c1cccc(CN=C(NCC)N2CC3OCCN(Cc4ccccc4)C3C2)c1. The molecule has 2 heterocycles. The fourth-order valence-electron chi connectivity index (χ4n) is 4.61. The number of carbonyl (C=O) groups is 1. The van der Waals surface area contributed by atoms with Crippen LogP contribution in [0.1, 0.15) is 35.3 Å². The number of fused-ring (bicyclic) bond motifs is 1. The molecular weight excluding hydrogens is 414 g/mol. The first-order valence-electron chi connectivity index (χ1n) is 12.0. The van der Waals surface area contributed by atoms with Crippen LogP contribution in [0.3, 0.4) is 0 Å². The van der Waals surface area contributed by atoms with Crippen LogP contribution in [-0.2, 0) is 17.8 Å². The van der Waals surface area contributed by atoms with Gasteiger partial charge in [0.25, 0.3) is 5.91 Å². The minimum Gasteiger partial charge on any atom is -0.373 e. The van der Waals surface area contributed by atoms with Crippen LogP contribution in [0, 0.1) is 0 Å². The van der Waals surface area contributed by atoms with E-state index in [0.29, 0.717) is 24.7 Å². The summed E-state index contributed by atoms with van der Waals surface area (Å²) in [7, 11) is 0. The Morgan fingerprint density at radius 3 is 2.61 bits per heavy atom. The number of guanidine groups is 1. The molecule has 2 aromatic rings. The summed E-state index contributed by atoms with van der Waals surface area (Å²) < 4.78 is 6.15. The van der Waals surface area contributed by atoms with Crippen LogP contribution in [0.4, 0.5) is 0 Å². The van der Waals surface area contributed by atoms with Crippen LogP contribution in [0.25, 0.3) is 0 Å². The first-order chi connectivity index (χ1) is 16.2. The Labute approximate surface area is 196 Å². The zero-order valence-electron chi connectivity index (χ0n) is 19.7. The van der Waals surface area contributed by atoms with Crippen molar-refractivity contribution in [3.05, 3.63) is 71.3 Å². The number of rotatable bonds is 7. The van der Waals surface area contributed by atoms with Gasteiger partial charge >= 0.3 is 0 Å². The van der Waals surface area contributed by atoms with Crippen molar-refractivity contribution in [2.24, 2.45) is 4.99 Å². The summed E-state index contributed by atoms with van der Waals surface area (Å²) >= 11 is 0. The van der Waals surface area contributed by atoms with Gasteiger partial charge < -0.3 is 20.3 Å². The highest BCUT2D eigenvalue weighted by Crippen LogP contribution is 2.25. The van der Waals surface area contributed by atoms with E-state index in [1.54, 1.807) is 0 Å². The van der Waals surface area contributed by atoms with Crippen LogP contribution in [0.5, 0.6) is 0 Å². The molecule has 176 valence electrons. The number of aliphatic imine (C=N–C) groups is 1. The van der Waals surface area contributed by atoms with Crippen LogP contribution in [0.15, 0.2) is 59.6 Å². The third kappa shape index (κ3) is 5.92. The monoisotopic (exact) mass is 449 g/mol. The maximum Gasteiger partial charge on any atom is 0.251 e. The average Bonchev–Trinajstić information content (AvgIpc) is 3.28. The molecule has 2 atom stereocenters. The summed E-state index contributed by atoms with van der Waals surface area (Å²) in [5.41, 5.74) is 3.03. The van der Waals surface area contributed by atoms with Gasteiger partial charge in [-0.05, 0) is 37.1 Å².